The van der Waals surface area contributed by atoms with Gasteiger partial charge in [-0.25, -0.2) is 18.7 Å². The van der Waals surface area contributed by atoms with Gasteiger partial charge in [-0.1, -0.05) is 0 Å². The van der Waals surface area contributed by atoms with E-state index in [2.05, 4.69) is 15.4 Å². The van der Waals surface area contributed by atoms with Crippen LogP contribution in [0.5, 0.6) is 5.75 Å². The molecule has 0 spiro atoms. The van der Waals surface area contributed by atoms with Gasteiger partial charge in [-0.15, -0.1) is 0 Å². The molecule has 0 fully saturated rings. The van der Waals surface area contributed by atoms with Crippen molar-refractivity contribution in [1.29, 1.82) is 0 Å². The summed E-state index contributed by atoms with van der Waals surface area (Å²) in [4.78, 5) is 15.7. The summed E-state index contributed by atoms with van der Waals surface area (Å²) in [6.07, 6.45) is 3.30. The average Bonchev–Trinajstić information content (AvgIpc) is 3.28. The Kier molecular flexibility index (Phi) is 5.04. The van der Waals surface area contributed by atoms with Gasteiger partial charge in [0.15, 0.2) is 5.65 Å². The Bertz CT molecular complexity index is 1120. The number of aromatic nitrogens is 3. The molecule has 1 aliphatic rings. The van der Waals surface area contributed by atoms with E-state index in [-0.39, 0.29) is 29.6 Å². The van der Waals surface area contributed by atoms with Crippen molar-refractivity contribution >= 4 is 17.4 Å². The minimum atomic E-state index is -1.12. The molecule has 3 aromatic rings. The molecule has 30 heavy (non-hydrogen) atoms. The van der Waals surface area contributed by atoms with Crippen molar-refractivity contribution in [3.63, 3.8) is 0 Å². The lowest BCUT2D eigenvalue weighted by Crippen LogP contribution is -2.46. The van der Waals surface area contributed by atoms with Crippen LogP contribution in [0.2, 0.25) is 0 Å². The topological polar surface area (TPSA) is 124 Å². The minimum absolute atomic E-state index is 0.00595. The quantitative estimate of drug-likeness (QED) is 0.535. The summed E-state index contributed by atoms with van der Waals surface area (Å²) in [6, 6.07) is 4.15. The lowest BCUT2D eigenvalue weighted by Gasteiger charge is -2.27. The van der Waals surface area contributed by atoms with Gasteiger partial charge in [0.2, 0.25) is 0 Å². The van der Waals surface area contributed by atoms with E-state index < -0.39 is 11.6 Å². The summed E-state index contributed by atoms with van der Waals surface area (Å²) < 4.78 is 27.1. The Morgan fingerprint density at radius 3 is 3.03 bits per heavy atom. The van der Waals surface area contributed by atoms with Crippen molar-refractivity contribution in [2.75, 3.05) is 25.6 Å². The fraction of sp³-hybridized carbons (Fsp3) is 0.350. The van der Waals surface area contributed by atoms with Crippen molar-refractivity contribution in [2.24, 2.45) is 5.73 Å². The highest BCUT2D eigenvalue weighted by Crippen LogP contribution is 2.41. The number of hydrogen-bond acceptors (Lipinski definition) is 7. The maximum Gasteiger partial charge on any atom is 0.341 e. The van der Waals surface area contributed by atoms with Gasteiger partial charge < -0.3 is 25.6 Å². The van der Waals surface area contributed by atoms with Crippen molar-refractivity contribution in [3.8, 4) is 5.75 Å². The van der Waals surface area contributed by atoms with Crippen LogP contribution in [0.3, 0.4) is 0 Å². The van der Waals surface area contributed by atoms with E-state index in [0.29, 0.717) is 30.2 Å². The van der Waals surface area contributed by atoms with Crippen LogP contribution in [-0.2, 0) is 11.2 Å². The van der Waals surface area contributed by atoms with Crippen LogP contribution in [-0.4, -0.2) is 51.5 Å². The average molecular weight is 415 g/mol. The highest BCUT2D eigenvalue weighted by atomic mass is 19.1. The molecule has 4 N–H and O–H groups in total. The summed E-state index contributed by atoms with van der Waals surface area (Å²) in [5, 5.41) is 16.4. The van der Waals surface area contributed by atoms with E-state index in [9.17, 15) is 14.3 Å². The zero-order valence-corrected chi connectivity index (χ0v) is 16.6. The summed E-state index contributed by atoms with van der Waals surface area (Å²) >= 11 is 0. The predicted octanol–water partition coefficient (Wildman–Crippen LogP) is 2.02. The second kappa shape index (κ2) is 7.54. The summed E-state index contributed by atoms with van der Waals surface area (Å²) in [5.41, 5.74) is 6.74. The van der Waals surface area contributed by atoms with Crippen LogP contribution < -0.4 is 15.8 Å². The highest BCUT2D eigenvalue weighted by molar-refractivity contribution is 5.94. The van der Waals surface area contributed by atoms with Crippen LogP contribution in [0.1, 0.15) is 34.5 Å². The van der Waals surface area contributed by atoms with E-state index in [1.807, 2.05) is 6.92 Å². The first-order valence-electron chi connectivity index (χ1n) is 9.40. The number of halogens is 1. The molecule has 0 aliphatic carbocycles. The number of carbonyl (C=O) groups is 1. The van der Waals surface area contributed by atoms with Gasteiger partial charge >= 0.3 is 5.97 Å². The molecule has 4 rings (SSSR count). The number of nitrogens with zero attached hydrogens (tertiary/aromatic N) is 3. The van der Waals surface area contributed by atoms with Crippen LogP contribution in [0.4, 0.5) is 10.2 Å². The second-order valence-electron chi connectivity index (χ2n) is 7.39. The SMILES string of the molecule is COCC1(CN)Cc2cc(F)cc(C(C)Nc3ccn4ncc(C(=O)O)c4n3)c2O1. The van der Waals surface area contributed by atoms with E-state index in [1.54, 1.807) is 19.4 Å². The fourth-order valence-electron chi connectivity index (χ4n) is 3.77. The number of methoxy groups -OCH3 is 1. The van der Waals surface area contributed by atoms with Gasteiger partial charge in [-0.2, -0.15) is 5.10 Å². The molecular weight excluding hydrogens is 393 g/mol. The number of aromatic carboxylic acids is 1. The molecule has 0 bridgehead atoms. The van der Waals surface area contributed by atoms with Gasteiger partial charge in [-0.05, 0) is 25.1 Å². The predicted molar refractivity (Wildman–Crippen MR) is 106 cm³/mol. The number of ether oxygens (including phenoxy) is 2. The number of fused-ring (bicyclic) bond motifs is 2. The van der Waals surface area contributed by atoms with E-state index in [1.165, 1.54) is 22.8 Å². The highest BCUT2D eigenvalue weighted by Gasteiger charge is 2.40. The lowest BCUT2D eigenvalue weighted by molar-refractivity contribution is 0.0125. The van der Waals surface area contributed by atoms with Crippen LogP contribution in [0.15, 0.2) is 30.6 Å². The van der Waals surface area contributed by atoms with Crippen LogP contribution >= 0.6 is 0 Å². The van der Waals surface area contributed by atoms with Gasteiger partial charge in [-0.3, -0.25) is 0 Å². The van der Waals surface area contributed by atoms with Gasteiger partial charge in [0.05, 0.1) is 18.8 Å². The maximum atomic E-state index is 14.3. The van der Waals surface area contributed by atoms with E-state index in [0.717, 1.165) is 5.56 Å². The third kappa shape index (κ3) is 3.44. The number of benzene rings is 1. The summed E-state index contributed by atoms with van der Waals surface area (Å²) in [6.45, 7) is 2.37. The Morgan fingerprint density at radius 2 is 2.33 bits per heavy atom. The number of carboxylic acids is 1. The number of carboxylic acid groups (broad SMARTS) is 1. The normalized spacial score (nSPS) is 18.8. The Morgan fingerprint density at radius 1 is 1.53 bits per heavy atom. The molecular formula is C20H22FN5O4. The van der Waals surface area contributed by atoms with Crippen molar-refractivity contribution in [1.82, 2.24) is 14.6 Å². The number of anilines is 1. The molecule has 0 amide bonds. The Hall–Kier alpha value is -3.24. The molecule has 2 unspecified atom stereocenters. The fourth-order valence-corrected chi connectivity index (χ4v) is 3.77. The van der Waals surface area contributed by atoms with Gasteiger partial charge in [0.1, 0.15) is 28.5 Å². The van der Waals surface area contributed by atoms with Crippen molar-refractivity contribution in [3.05, 3.63) is 53.1 Å². The monoisotopic (exact) mass is 415 g/mol. The molecule has 2 aromatic heterocycles. The standard InChI is InChI=1S/C20H22FN5O4/c1-11(24-16-3-4-26-18(25-16)15(8-23-26)19(27)28)14-6-13(21)5-12-7-20(9-22,10-29-2)30-17(12)14/h3-6,8,11H,7,9-10,22H2,1-2H3,(H,24,25)(H,27,28). The smallest absolute Gasteiger partial charge is 0.341 e. The van der Waals surface area contributed by atoms with Gasteiger partial charge in [0.25, 0.3) is 0 Å². The number of nitrogens with one attached hydrogen (secondary N) is 1. The third-order valence-corrected chi connectivity index (χ3v) is 5.20. The Balaban J connectivity index is 1.65. The second-order valence-corrected chi connectivity index (χ2v) is 7.39. The van der Waals surface area contributed by atoms with Crippen molar-refractivity contribution in [2.45, 2.75) is 25.0 Å². The zero-order chi connectivity index (χ0) is 21.5. The van der Waals surface area contributed by atoms with Crippen LogP contribution in [0, 0.1) is 5.82 Å². The first-order valence-corrected chi connectivity index (χ1v) is 9.40. The van der Waals surface area contributed by atoms with Gasteiger partial charge in [0, 0.05) is 37.4 Å². The molecule has 0 saturated carbocycles. The lowest BCUT2D eigenvalue weighted by atomic mass is 9.96. The molecule has 2 atom stereocenters. The number of hydrogen-bond donors (Lipinski definition) is 3. The number of rotatable bonds is 7. The van der Waals surface area contributed by atoms with Crippen LogP contribution in [0.25, 0.3) is 5.65 Å². The molecule has 3 heterocycles. The zero-order valence-electron chi connectivity index (χ0n) is 16.6. The molecule has 0 saturated heterocycles. The molecule has 0 radical (unpaired) electrons. The minimum Gasteiger partial charge on any atom is -0.483 e. The molecule has 1 aromatic carbocycles. The number of nitrogens with two attached hydrogens (primary N) is 1. The largest absolute Gasteiger partial charge is 0.483 e. The van der Waals surface area contributed by atoms with E-state index in [4.69, 9.17) is 15.2 Å². The molecule has 9 nitrogen and oxygen atoms in total. The molecule has 158 valence electrons. The molecule has 10 heteroatoms. The Labute approximate surface area is 171 Å². The summed E-state index contributed by atoms with van der Waals surface area (Å²) in [7, 11) is 1.57. The first-order chi connectivity index (χ1) is 14.4. The molecule has 1 aliphatic heterocycles. The third-order valence-electron chi connectivity index (χ3n) is 5.20. The summed E-state index contributed by atoms with van der Waals surface area (Å²) in [5.74, 6) is -0.486. The van der Waals surface area contributed by atoms with Crippen molar-refractivity contribution < 1.29 is 23.8 Å². The maximum absolute atomic E-state index is 14.3. The van der Waals surface area contributed by atoms with E-state index >= 15 is 0 Å². The first kappa shape index (κ1) is 20.0.